The molecule has 0 radical (unpaired) electrons. The van der Waals surface area contributed by atoms with Gasteiger partial charge in [0.05, 0.1) is 11.1 Å². The van der Waals surface area contributed by atoms with Gasteiger partial charge in [-0.2, -0.15) is 0 Å². The zero-order chi connectivity index (χ0) is 14.8. The minimum Gasteiger partial charge on any atom is -0.422 e. The number of carbonyl (C=O) groups excluding carboxylic acids is 2. The summed E-state index contributed by atoms with van der Waals surface area (Å²) in [6.07, 6.45) is 2.25. The van der Waals surface area contributed by atoms with Crippen molar-refractivity contribution in [3.63, 3.8) is 0 Å². The van der Waals surface area contributed by atoms with E-state index in [0.29, 0.717) is 23.3 Å². The van der Waals surface area contributed by atoms with E-state index >= 15 is 0 Å². The minimum absolute atomic E-state index is 0.0656. The van der Waals surface area contributed by atoms with E-state index in [1.54, 1.807) is 30.3 Å². The van der Waals surface area contributed by atoms with Crippen molar-refractivity contribution in [2.75, 3.05) is 0 Å². The summed E-state index contributed by atoms with van der Waals surface area (Å²) in [7, 11) is 0. The van der Waals surface area contributed by atoms with Crippen molar-refractivity contribution in [2.24, 2.45) is 0 Å². The quantitative estimate of drug-likeness (QED) is 0.622. The van der Waals surface area contributed by atoms with Crippen molar-refractivity contribution in [1.82, 2.24) is 0 Å². The van der Waals surface area contributed by atoms with Crippen LogP contribution in [0, 0.1) is 6.92 Å². The Morgan fingerprint density at radius 2 is 1.81 bits per heavy atom. The Balaban J connectivity index is 1.97. The number of esters is 1. The van der Waals surface area contributed by atoms with Crippen LogP contribution in [0.25, 0.3) is 0 Å². The first kappa shape index (κ1) is 13.6. The molecule has 0 unspecified atom stereocenters. The third-order valence-corrected chi connectivity index (χ3v) is 3.83. The molecule has 106 valence electrons. The zero-order valence-corrected chi connectivity index (χ0v) is 11.9. The molecule has 0 bridgehead atoms. The van der Waals surface area contributed by atoms with Gasteiger partial charge in [0.1, 0.15) is 5.75 Å². The van der Waals surface area contributed by atoms with Crippen molar-refractivity contribution in [3.8, 4) is 5.75 Å². The van der Waals surface area contributed by atoms with E-state index in [9.17, 15) is 9.59 Å². The average molecular weight is 280 g/mol. The van der Waals surface area contributed by atoms with Gasteiger partial charge in [-0.25, -0.2) is 4.79 Å². The van der Waals surface area contributed by atoms with E-state index in [4.69, 9.17) is 4.74 Å². The van der Waals surface area contributed by atoms with Gasteiger partial charge in [-0.1, -0.05) is 24.3 Å². The highest BCUT2D eigenvalue weighted by molar-refractivity contribution is 6.02. The van der Waals surface area contributed by atoms with E-state index in [1.807, 2.05) is 19.1 Å². The molecule has 0 amide bonds. The summed E-state index contributed by atoms with van der Waals surface area (Å²) in [5.74, 6) is 0.0185. The van der Waals surface area contributed by atoms with Gasteiger partial charge in [0, 0.05) is 6.42 Å². The Labute approximate surface area is 123 Å². The first-order valence-electron chi connectivity index (χ1n) is 7.09. The smallest absolute Gasteiger partial charge is 0.343 e. The first-order valence-corrected chi connectivity index (χ1v) is 7.09. The minimum atomic E-state index is -0.431. The molecule has 0 saturated heterocycles. The van der Waals surface area contributed by atoms with Crippen LogP contribution in [0.5, 0.6) is 5.75 Å². The van der Waals surface area contributed by atoms with Gasteiger partial charge in [0.2, 0.25) is 0 Å². The average Bonchev–Trinajstić information content (AvgIpc) is 2.51. The normalized spacial score (nSPS) is 13.7. The third-order valence-electron chi connectivity index (χ3n) is 3.83. The molecule has 0 saturated carbocycles. The van der Waals surface area contributed by atoms with Gasteiger partial charge in [-0.05, 0) is 49.1 Å². The maximum absolute atomic E-state index is 12.2. The van der Waals surface area contributed by atoms with E-state index in [2.05, 4.69) is 0 Å². The molecule has 3 heteroatoms. The van der Waals surface area contributed by atoms with Crippen LogP contribution in [-0.4, -0.2) is 11.8 Å². The highest BCUT2D eigenvalue weighted by Gasteiger charge is 2.24. The van der Waals surface area contributed by atoms with Gasteiger partial charge < -0.3 is 4.74 Å². The lowest BCUT2D eigenvalue weighted by atomic mass is 9.87. The molecule has 0 atom stereocenters. The predicted molar refractivity (Wildman–Crippen MR) is 79.8 cm³/mol. The van der Waals surface area contributed by atoms with Crippen LogP contribution in [0.3, 0.4) is 0 Å². The van der Waals surface area contributed by atoms with Crippen molar-refractivity contribution < 1.29 is 14.3 Å². The summed E-state index contributed by atoms with van der Waals surface area (Å²) in [5, 5.41) is 0. The number of hydrogen-bond donors (Lipinski definition) is 0. The summed E-state index contributed by atoms with van der Waals surface area (Å²) in [6.45, 7) is 1.99. The number of ketones is 1. The van der Waals surface area contributed by atoms with Gasteiger partial charge in [-0.15, -0.1) is 0 Å². The molecule has 0 heterocycles. The fourth-order valence-corrected chi connectivity index (χ4v) is 2.73. The van der Waals surface area contributed by atoms with Crippen LogP contribution < -0.4 is 4.74 Å². The number of ether oxygens (including phenoxy) is 1. The van der Waals surface area contributed by atoms with Crippen LogP contribution in [0.4, 0.5) is 0 Å². The Morgan fingerprint density at radius 3 is 2.57 bits per heavy atom. The molecule has 0 aromatic heterocycles. The standard InChI is InChI=1S/C18H16O3/c1-12-10-11-16(17-14(12)8-5-9-15(17)19)21-18(20)13-6-3-2-4-7-13/h2-4,6-7,10-11H,5,8-9H2,1H3. The van der Waals surface area contributed by atoms with Crippen LogP contribution >= 0.6 is 0 Å². The van der Waals surface area contributed by atoms with E-state index in [1.165, 1.54) is 0 Å². The number of benzene rings is 2. The predicted octanol–water partition coefficient (Wildman–Crippen LogP) is 3.73. The van der Waals surface area contributed by atoms with Crippen molar-refractivity contribution in [3.05, 3.63) is 64.7 Å². The van der Waals surface area contributed by atoms with E-state index in [0.717, 1.165) is 24.0 Å². The largest absolute Gasteiger partial charge is 0.422 e. The molecule has 0 N–H and O–H groups in total. The molecule has 1 aliphatic carbocycles. The Morgan fingerprint density at radius 1 is 1.05 bits per heavy atom. The number of hydrogen-bond acceptors (Lipinski definition) is 3. The highest BCUT2D eigenvalue weighted by Crippen LogP contribution is 2.32. The Kier molecular flexibility index (Phi) is 3.57. The monoisotopic (exact) mass is 280 g/mol. The van der Waals surface area contributed by atoms with Crippen molar-refractivity contribution in [1.29, 1.82) is 0 Å². The lowest BCUT2D eigenvalue weighted by molar-refractivity contribution is 0.0732. The van der Waals surface area contributed by atoms with Gasteiger partial charge in [0.25, 0.3) is 0 Å². The molecule has 2 aromatic rings. The first-order chi connectivity index (χ1) is 10.2. The molecule has 1 aliphatic rings. The molecule has 2 aromatic carbocycles. The van der Waals surface area contributed by atoms with Gasteiger partial charge in [0.15, 0.2) is 5.78 Å². The van der Waals surface area contributed by atoms with Crippen molar-refractivity contribution in [2.45, 2.75) is 26.2 Å². The second-order valence-corrected chi connectivity index (χ2v) is 5.27. The summed E-state index contributed by atoms with van der Waals surface area (Å²) < 4.78 is 5.46. The summed E-state index contributed by atoms with van der Waals surface area (Å²) >= 11 is 0. The number of carbonyl (C=O) groups is 2. The number of rotatable bonds is 2. The molecular formula is C18H16O3. The third kappa shape index (κ3) is 2.59. The molecule has 0 spiro atoms. The summed E-state index contributed by atoms with van der Waals surface area (Å²) in [4.78, 5) is 24.3. The molecule has 0 fully saturated rings. The molecule has 0 aliphatic heterocycles. The topological polar surface area (TPSA) is 43.4 Å². The van der Waals surface area contributed by atoms with Crippen molar-refractivity contribution >= 4 is 11.8 Å². The van der Waals surface area contributed by atoms with Crippen LogP contribution in [0.2, 0.25) is 0 Å². The van der Waals surface area contributed by atoms with Gasteiger partial charge in [-0.3, -0.25) is 4.79 Å². The van der Waals surface area contributed by atoms with Crippen LogP contribution in [-0.2, 0) is 6.42 Å². The lowest BCUT2D eigenvalue weighted by Crippen LogP contribution is -2.17. The maximum atomic E-state index is 12.2. The molecular weight excluding hydrogens is 264 g/mol. The Bertz CT molecular complexity index is 702. The fourth-order valence-electron chi connectivity index (χ4n) is 2.73. The summed E-state index contributed by atoms with van der Waals surface area (Å²) in [5.41, 5.74) is 3.17. The number of Topliss-reactive ketones (excluding diaryl/α,β-unsaturated/α-hetero) is 1. The summed E-state index contributed by atoms with van der Waals surface area (Å²) in [6, 6.07) is 12.4. The SMILES string of the molecule is Cc1ccc(OC(=O)c2ccccc2)c2c1CCCC2=O. The maximum Gasteiger partial charge on any atom is 0.343 e. The van der Waals surface area contributed by atoms with E-state index < -0.39 is 5.97 Å². The number of aryl methyl sites for hydroxylation is 1. The second-order valence-electron chi connectivity index (χ2n) is 5.27. The highest BCUT2D eigenvalue weighted by atomic mass is 16.5. The molecule has 3 rings (SSSR count). The van der Waals surface area contributed by atoms with Crippen LogP contribution in [0.15, 0.2) is 42.5 Å². The zero-order valence-electron chi connectivity index (χ0n) is 11.9. The van der Waals surface area contributed by atoms with Crippen LogP contribution in [0.1, 0.15) is 44.7 Å². The second kappa shape index (κ2) is 5.52. The fraction of sp³-hybridized carbons (Fsp3) is 0.222. The lowest BCUT2D eigenvalue weighted by Gasteiger charge is -2.20. The van der Waals surface area contributed by atoms with E-state index in [-0.39, 0.29) is 5.78 Å². The number of fused-ring (bicyclic) bond motifs is 1. The molecule has 21 heavy (non-hydrogen) atoms. The molecule has 3 nitrogen and oxygen atoms in total. The Hall–Kier alpha value is -2.42. The van der Waals surface area contributed by atoms with Gasteiger partial charge >= 0.3 is 5.97 Å².